The molecule has 2 nitrogen and oxygen atoms in total. The van der Waals surface area contributed by atoms with E-state index in [0.717, 1.165) is 13.1 Å². The van der Waals surface area contributed by atoms with Gasteiger partial charge in [0.25, 0.3) is 25.6 Å². The van der Waals surface area contributed by atoms with Crippen molar-refractivity contribution in [2.24, 2.45) is 0 Å². The summed E-state index contributed by atoms with van der Waals surface area (Å²) in [5, 5.41) is 0. The maximum atomic E-state index is 12.3. The van der Waals surface area contributed by atoms with Gasteiger partial charge in [-0.2, -0.15) is 0 Å². The average Bonchev–Trinajstić information content (AvgIpc) is 2.01. The molecule has 0 heterocycles. The van der Waals surface area contributed by atoms with Crippen LogP contribution >= 0.6 is 0 Å². The van der Waals surface area contributed by atoms with Gasteiger partial charge in [-0.25, -0.2) is 26.3 Å². The van der Waals surface area contributed by atoms with Crippen LogP contribution in [0.15, 0.2) is 0 Å². The first kappa shape index (κ1) is 14.7. The van der Waals surface area contributed by atoms with Crippen LogP contribution in [0.3, 0.4) is 0 Å². The fraction of sp³-hybridized carbons (Fsp3) is 1.00. The van der Waals surface area contributed by atoms with Crippen LogP contribution in [0.25, 0.3) is 0 Å². The third-order valence-electron chi connectivity index (χ3n) is 1.19. The summed E-state index contributed by atoms with van der Waals surface area (Å²) in [4.78, 5) is 0. The van der Waals surface area contributed by atoms with Crippen molar-refractivity contribution in [3.8, 4) is 0 Å². The zero-order valence-corrected chi connectivity index (χ0v) is 8.89. The lowest BCUT2D eigenvalue weighted by Crippen LogP contribution is -2.43. The summed E-state index contributed by atoms with van der Waals surface area (Å²) in [5.74, 6) is 0. The Morgan fingerprint density at radius 3 is 1.20 bits per heavy atom. The first-order valence-electron chi connectivity index (χ1n) is 3.86. The molecular weight excluding hydrogens is 246 g/mol. The number of hydrogen-bond acceptors (Lipinski definition) is 2. The van der Waals surface area contributed by atoms with Gasteiger partial charge in [-0.05, 0) is 13.1 Å². The van der Waals surface area contributed by atoms with Gasteiger partial charge in [-0.15, -0.1) is 0 Å². The van der Waals surface area contributed by atoms with Crippen molar-refractivity contribution in [1.29, 1.82) is 0 Å². The van der Waals surface area contributed by atoms with Gasteiger partial charge < -0.3 is 8.85 Å². The highest BCUT2D eigenvalue weighted by molar-refractivity contribution is 6.64. The van der Waals surface area contributed by atoms with Crippen molar-refractivity contribution in [1.82, 2.24) is 0 Å². The Morgan fingerprint density at radius 1 is 0.733 bits per heavy atom. The Balaban J connectivity index is 4.18. The molecule has 0 N–H and O–H groups in total. The first-order chi connectivity index (χ1) is 6.65. The smallest absolute Gasteiger partial charge is 0.336 e. The zero-order chi connectivity index (χ0) is 12.2. The van der Waals surface area contributed by atoms with Crippen LogP contribution < -0.4 is 0 Å². The second kappa shape index (κ2) is 5.71. The van der Waals surface area contributed by atoms with Gasteiger partial charge in [0.05, 0.1) is 0 Å². The van der Waals surface area contributed by atoms with Crippen LogP contribution in [0.4, 0.5) is 26.3 Å². The molecule has 0 aromatic carbocycles. The summed E-state index contributed by atoms with van der Waals surface area (Å²) in [6.07, 6.45) is -12.8. The SMILES string of the molecule is C[Si](C)(OC(F)C(F)F)OC(F)C(F)F. The van der Waals surface area contributed by atoms with Crippen molar-refractivity contribution in [3.05, 3.63) is 0 Å². The average molecular weight is 256 g/mol. The molecule has 0 spiro atoms. The fourth-order valence-electron chi connectivity index (χ4n) is 0.673. The zero-order valence-electron chi connectivity index (χ0n) is 7.89. The van der Waals surface area contributed by atoms with Crippen LogP contribution in [0.1, 0.15) is 0 Å². The van der Waals surface area contributed by atoms with E-state index in [4.69, 9.17) is 0 Å². The summed E-state index contributed by atoms with van der Waals surface area (Å²) >= 11 is 0. The fourth-order valence-corrected chi connectivity index (χ4v) is 2.02. The molecule has 0 aliphatic carbocycles. The molecule has 2 atom stereocenters. The Labute approximate surface area is 83.4 Å². The van der Waals surface area contributed by atoms with Crippen LogP contribution in [0, 0.1) is 0 Å². The van der Waals surface area contributed by atoms with Crippen molar-refractivity contribution >= 4 is 8.56 Å². The summed E-state index contributed by atoms with van der Waals surface area (Å²) in [6.45, 7) is 1.97. The van der Waals surface area contributed by atoms with Gasteiger partial charge in [-0.1, -0.05) is 0 Å². The minimum absolute atomic E-state index is 0.983. The molecule has 0 aliphatic rings. The van der Waals surface area contributed by atoms with Crippen molar-refractivity contribution in [2.45, 2.75) is 38.7 Å². The first-order valence-corrected chi connectivity index (χ1v) is 6.67. The molecule has 0 aromatic rings. The third-order valence-corrected chi connectivity index (χ3v) is 2.77. The second-order valence-electron chi connectivity index (χ2n) is 3.01. The van der Waals surface area contributed by atoms with E-state index in [-0.39, 0.29) is 0 Å². The quantitative estimate of drug-likeness (QED) is 0.537. The molecule has 0 aliphatic heterocycles. The minimum Gasteiger partial charge on any atom is -0.359 e. The van der Waals surface area contributed by atoms with Crippen molar-refractivity contribution in [3.63, 3.8) is 0 Å². The molecule has 0 saturated heterocycles. The molecule has 0 fully saturated rings. The molecule has 92 valence electrons. The lowest BCUT2D eigenvalue weighted by atomic mass is 10.7. The maximum absolute atomic E-state index is 12.3. The van der Waals surface area contributed by atoms with E-state index < -0.39 is 34.1 Å². The van der Waals surface area contributed by atoms with E-state index >= 15 is 0 Å². The molecule has 0 amide bonds. The number of hydrogen-bond donors (Lipinski definition) is 0. The van der Waals surface area contributed by atoms with E-state index in [1.807, 2.05) is 0 Å². The Morgan fingerprint density at radius 2 is 1.00 bits per heavy atom. The predicted octanol–water partition coefficient (Wildman–Crippen LogP) is 2.84. The normalized spacial score (nSPS) is 17.2. The van der Waals surface area contributed by atoms with E-state index in [9.17, 15) is 26.3 Å². The minimum atomic E-state index is -3.67. The van der Waals surface area contributed by atoms with Gasteiger partial charge in [0.15, 0.2) is 0 Å². The monoisotopic (exact) mass is 256 g/mol. The van der Waals surface area contributed by atoms with Gasteiger partial charge in [-0.3, -0.25) is 0 Å². The summed E-state index contributed by atoms with van der Waals surface area (Å²) in [7, 11) is -3.67. The molecule has 0 rings (SSSR count). The van der Waals surface area contributed by atoms with E-state index in [2.05, 4.69) is 8.85 Å². The van der Waals surface area contributed by atoms with Crippen LogP contribution in [0.5, 0.6) is 0 Å². The highest BCUT2D eigenvalue weighted by Crippen LogP contribution is 2.20. The lowest BCUT2D eigenvalue weighted by Gasteiger charge is -2.26. The van der Waals surface area contributed by atoms with E-state index in [1.165, 1.54) is 0 Å². The number of rotatable bonds is 6. The highest BCUT2D eigenvalue weighted by Gasteiger charge is 2.37. The molecular formula is C6H10F6O2Si. The Bertz CT molecular complexity index is 172. The molecule has 9 heteroatoms. The molecule has 0 radical (unpaired) electrons. The number of halogens is 6. The van der Waals surface area contributed by atoms with E-state index in [0.29, 0.717) is 0 Å². The van der Waals surface area contributed by atoms with Crippen LogP contribution in [-0.4, -0.2) is 34.1 Å². The molecule has 0 saturated carbocycles. The summed E-state index contributed by atoms with van der Waals surface area (Å²) in [6, 6.07) is 0. The third kappa shape index (κ3) is 6.00. The highest BCUT2D eigenvalue weighted by atomic mass is 28.4. The lowest BCUT2D eigenvalue weighted by molar-refractivity contribution is -0.120. The topological polar surface area (TPSA) is 18.5 Å². The number of alkyl halides is 6. The van der Waals surface area contributed by atoms with E-state index in [1.54, 1.807) is 0 Å². The van der Waals surface area contributed by atoms with Crippen LogP contribution in [-0.2, 0) is 8.85 Å². The largest absolute Gasteiger partial charge is 0.359 e. The van der Waals surface area contributed by atoms with Crippen molar-refractivity contribution < 1.29 is 35.2 Å². The summed E-state index contributed by atoms with van der Waals surface area (Å²) in [5.41, 5.74) is 0. The molecule has 2 unspecified atom stereocenters. The van der Waals surface area contributed by atoms with Gasteiger partial charge in [0.2, 0.25) is 0 Å². The summed E-state index contributed by atoms with van der Waals surface area (Å²) < 4.78 is 79.5. The predicted molar refractivity (Wildman–Crippen MR) is 41.5 cm³/mol. The second-order valence-corrected chi connectivity index (χ2v) is 6.28. The van der Waals surface area contributed by atoms with Crippen molar-refractivity contribution in [2.75, 3.05) is 0 Å². The molecule has 0 bridgehead atoms. The van der Waals surface area contributed by atoms with Gasteiger partial charge >= 0.3 is 8.56 Å². The standard InChI is InChI=1S/C6H10F6O2Si/c1-15(2,13-5(11)3(7)8)14-6(12)4(9)10/h3-6H,1-2H3. The Hall–Kier alpha value is -0.283. The van der Waals surface area contributed by atoms with Crippen LogP contribution in [0.2, 0.25) is 13.1 Å². The Kier molecular flexibility index (Phi) is 5.60. The molecule has 0 aromatic heterocycles. The van der Waals surface area contributed by atoms with Gasteiger partial charge in [0, 0.05) is 0 Å². The molecule has 15 heavy (non-hydrogen) atoms. The maximum Gasteiger partial charge on any atom is 0.336 e. The van der Waals surface area contributed by atoms with Gasteiger partial charge in [0.1, 0.15) is 0 Å².